The zero-order chi connectivity index (χ0) is 16.8. The fourth-order valence-corrected chi connectivity index (χ4v) is 3.13. The summed E-state index contributed by atoms with van der Waals surface area (Å²) in [5.74, 6) is 0.0384. The minimum absolute atomic E-state index is 0.0384. The van der Waals surface area contributed by atoms with Crippen LogP contribution in [-0.4, -0.2) is 20.9 Å². The number of aromatic hydroxyl groups is 1. The molecule has 1 aromatic heterocycles. The Bertz CT molecular complexity index is 935. The number of nitrogens with zero attached hydrogens (tertiary/aromatic N) is 1. The van der Waals surface area contributed by atoms with Gasteiger partial charge in [-0.15, -0.1) is 0 Å². The number of fused-ring (bicyclic) bond motifs is 1. The highest BCUT2D eigenvalue weighted by Gasteiger charge is 2.33. The summed E-state index contributed by atoms with van der Waals surface area (Å²) in [7, 11) is 0. The largest absolute Gasteiger partial charge is 0.494 e. The summed E-state index contributed by atoms with van der Waals surface area (Å²) < 4.78 is 0. The Morgan fingerprint density at radius 2 is 1.42 bits per heavy atom. The van der Waals surface area contributed by atoms with Crippen molar-refractivity contribution in [2.75, 3.05) is 0 Å². The number of aromatic nitrogens is 1. The van der Waals surface area contributed by atoms with Gasteiger partial charge in [0.05, 0.1) is 17.0 Å². The van der Waals surface area contributed by atoms with Crippen LogP contribution >= 0.6 is 0 Å². The van der Waals surface area contributed by atoms with E-state index in [1.54, 1.807) is 0 Å². The number of H-pyrrole nitrogens is 1. The number of rotatable bonds is 2. The zero-order valence-electron chi connectivity index (χ0n) is 13.5. The third-order valence-electron chi connectivity index (χ3n) is 4.43. The van der Waals surface area contributed by atoms with Gasteiger partial charge < -0.3 is 15.2 Å². The summed E-state index contributed by atoms with van der Waals surface area (Å²) in [6, 6.07) is 15.8. The van der Waals surface area contributed by atoms with Crippen LogP contribution in [0.1, 0.15) is 34.0 Å². The first-order valence-corrected chi connectivity index (χ1v) is 7.90. The molecule has 4 heteroatoms. The second kappa shape index (κ2) is 5.35. The van der Waals surface area contributed by atoms with Crippen molar-refractivity contribution in [2.45, 2.75) is 20.1 Å². The molecule has 1 unspecified atom stereocenters. The molecule has 0 aliphatic carbocycles. The second-order valence-electron chi connectivity index (χ2n) is 6.22. The number of aliphatic hydroxyl groups is 1. The van der Waals surface area contributed by atoms with Crippen LogP contribution in [0.15, 0.2) is 53.5 Å². The summed E-state index contributed by atoms with van der Waals surface area (Å²) in [5.41, 5.74) is 6.64. The molecule has 0 saturated heterocycles. The molecular formula is C20H18N2O2. The monoisotopic (exact) mass is 318 g/mol. The lowest BCUT2D eigenvalue weighted by atomic mass is 9.99. The molecule has 0 amide bonds. The average molecular weight is 318 g/mol. The van der Waals surface area contributed by atoms with Crippen LogP contribution in [0.25, 0.3) is 11.3 Å². The molecule has 0 saturated carbocycles. The Balaban J connectivity index is 1.85. The van der Waals surface area contributed by atoms with Crippen molar-refractivity contribution in [1.29, 1.82) is 0 Å². The molecule has 4 rings (SSSR count). The molecule has 0 radical (unpaired) electrons. The van der Waals surface area contributed by atoms with Crippen molar-refractivity contribution in [1.82, 2.24) is 4.98 Å². The minimum Gasteiger partial charge on any atom is -0.494 e. The molecule has 2 heterocycles. The number of benzene rings is 2. The summed E-state index contributed by atoms with van der Waals surface area (Å²) >= 11 is 0. The Hall–Kier alpha value is -2.85. The van der Waals surface area contributed by atoms with Crippen LogP contribution in [0.5, 0.6) is 5.88 Å². The van der Waals surface area contributed by atoms with Crippen LogP contribution in [0.4, 0.5) is 0 Å². The average Bonchev–Trinajstić information content (AvgIpc) is 3.08. The number of aromatic amines is 1. The number of aryl methyl sites for hydroxylation is 2. The first-order valence-electron chi connectivity index (χ1n) is 7.90. The summed E-state index contributed by atoms with van der Waals surface area (Å²) in [6.07, 6.45) is -0.982. The number of aliphatic imine (C=N–C) groups is 1. The highest BCUT2D eigenvalue weighted by molar-refractivity contribution is 6.17. The zero-order valence-corrected chi connectivity index (χ0v) is 13.5. The van der Waals surface area contributed by atoms with Crippen molar-refractivity contribution >= 4 is 5.71 Å². The number of aliphatic hydroxyl groups excluding tert-OH is 1. The molecule has 0 spiro atoms. The molecule has 2 aromatic carbocycles. The topological polar surface area (TPSA) is 68.6 Å². The van der Waals surface area contributed by atoms with Crippen molar-refractivity contribution in [3.63, 3.8) is 0 Å². The molecule has 1 atom stereocenters. The van der Waals surface area contributed by atoms with Gasteiger partial charge in [0.25, 0.3) is 0 Å². The lowest BCUT2D eigenvalue weighted by molar-refractivity contribution is 0.193. The van der Waals surface area contributed by atoms with E-state index < -0.39 is 6.23 Å². The van der Waals surface area contributed by atoms with Gasteiger partial charge >= 0.3 is 0 Å². The SMILES string of the molecule is Cc1ccc(C2=NC(O)c3c(-c4ccc(C)cc4)[nH]c(O)c32)cc1. The molecule has 3 aromatic rings. The molecule has 24 heavy (non-hydrogen) atoms. The highest BCUT2D eigenvalue weighted by atomic mass is 16.3. The number of hydrogen-bond donors (Lipinski definition) is 3. The van der Waals surface area contributed by atoms with E-state index in [4.69, 9.17) is 0 Å². The van der Waals surface area contributed by atoms with Gasteiger partial charge in [0.1, 0.15) is 0 Å². The van der Waals surface area contributed by atoms with Gasteiger partial charge in [-0.25, -0.2) is 4.99 Å². The first-order chi connectivity index (χ1) is 11.5. The number of nitrogens with one attached hydrogen (secondary N) is 1. The maximum Gasteiger partial charge on any atom is 0.198 e. The summed E-state index contributed by atoms with van der Waals surface area (Å²) in [5, 5.41) is 20.9. The van der Waals surface area contributed by atoms with Gasteiger partial charge in [-0.1, -0.05) is 59.7 Å². The molecule has 0 fully saturated rings. The molecule has 1 aliphatic rings. The van der Waals surface area contributed by atoms with Gasteiger partial charge in [0.2, 0.25) is 0 Å². The lowest BCUT2D eigenvalue weighted by Gasteiger charge is -2.05. The summed E-state index contributed by atoms with van der Waals surface area (Å²) in [6.45, 7) is 4.04. The van der Waals surface area contributed by atoms with Gasteiger partial charge in [-0.3, -0.25) is 0 Å². The van der Waals surface area contributed by atoms with Crippen LogP contribution < -0.4 is 0 Å². The smallest absolute Gasteiger partial charge is 0.198 e. The van der Waals surface area contributed by atoms with E-state index in [1.165, 1.54) is 0 Å². The highest BCUT2D eigenvalue weighted by Crippen LogP contribution is 2.42. The molecule has 0 bridgehead atoms. The predicted molar refractivity (Wildman–Crippen MR) is 94.4 cm³/mol. The van der Waals surface area contributed by atoms with Gasteiger partial charge in [-0.2, -0.15) is 0 Å². The van der Waals surface area contributed by atoms with E-state index in [0.717, 1.165) is 22.3 Å². The predicted octanol–water partition coefficient (Wildman–Crippen LogP) is 3.85. The molecule has 4 nitrogen and oxygen atoms in total. The van der Waals surface area contributed by atoms with E-state index in [-0.39, 0.29) is 5.88 Å². The molecule has 120 valence electrons. The van der Waals surface area contributed by atoms with Crippen LogP contribution in [0.3, 0.4) is 0 Å². The van der Waals surface area contributed by atoms with Gasteiger partial charge in [-0.05, 0) is 19.4 Å². The van der Waals surface area contributed by atoms with Crippen molar-refractivity contribution in [3.05, 3.63) is 76.3 Å². The van der Waals surface area contributed by atoms with E-state index in [0.29, 0.717) is 22.5 Å². The third kappa shape index (κ3) is 2.23. The third-order valence-corrected chi connectivity index (χ3v) is 4.43. The van der Waals surface area contributed by atoms with E-state index in [9.17, 15) is 10.2 Å². The van der Waals surface area contributed by atoms with Crippen molar-refractivity contribution < 1.29 is 10.2 Å². The lowest BCUT2D eigenvalue weighted by Crippen LogP contribution is -1.99. The number of hydrogen-bond acceptors (Lipinski definition) is 3. The van der Waals surface area contributed by atoms with Crippen LogP contribution in [0.2, 0.25) is 0 Å². The summed E-state index contributed by atoms with van der Waals surface area (Å²) in [4.78, 5) is 7.38. The molecule has 3 N–H and O–H groups in total. The maximum atomic E-state index is 10.5. The van der Waals surface area contributed by atoms with E-state index in [2.05, 4.69) is 9.98 Å². The second-order valence-corrected chi connectivity index (χ2v) is 6.22. The molecule has 1 aliphatic heterocycles. The van der Waals surface area contributed by atoms with Crippen molar-refractivity contribution in [3.8, 4) is 17.1 Å². The fraction of sp³-hybridized carbons (Fsp3) is 0.150. The van der Waals surface area contributed by atoms with Crippen molar-refractivity contribution in [2.24, 2.45) is 4.99 Å². The maximum absolute atomic E-state index is 10.5. The van der Waals surface area contributed by atoms with Gasteiger partial charge in [0, 0.05) is 11.1 Å². The van der Waals surface area contributed by atoms with Crippen LogP contribution in [-0.2, 0) is 0 Å². The van der Waals surface area contributed by atoms with E-state index >= 15 is 0 Å². The standard InChI is InChI=1S/C20H18N2O2/c1-11-3-7-13(8-4-11)17-15-16(20(24)21-17)18(22-19(15)23)14-9-5-12(2)6-10-14/h3-10,19,21,23-24H,1-2H3. The van der Waals surface area contributed by atoms with E-state index in [1.807, 2.05) is 62.4 Å². The minimum atomic E-state index is -0.982. The Labute approximate surface area is 140 Å². The Morgan fingerprint density at radius 3 is 2.00 bits per heavy atom. The Morgan fingerprint density at radius 1 is 0.875 bits per heavy atom. The normalized spacial score (nSPS) is 16.1. The molecular weight excluding hydrogens is 300 g/mol. The first kappa shape index (κ1) is 14.7. The fourth-order valence-electron chi connectivity index (χ4n) is 3.13. The Kier molecular flexibility index (Phi) is 3.28. The van der Waals surface area contributed by atoms with Gasteiger partial charge in [0.15, 0.2) is 12.1 Å². The quantitative estimate of drug-likeness (QED) is 0.672. The van der Waals surface area contributed by atoms with Crippen LogP contribution in [0, 0.1) is 13.8 Å².